The van der Waals surface area contributed by atoms with E-state index in [2.05, 4.69) is 15.9 Å². The van der Waals surface area contributed by atoms with Crippen molar-refractivity contribution in [2.75, 3.05) is 0 Å². The van der Waals surface area contributed by atoms with E-state index in [0.29, 0.717) is 17.3 Å². The van der Waals surface area contributed by atoms with Gasteiger partial charge in [-0.15, -0.1) is 0 Å². The van der Waals surface area contributed by atoms with Crippen LogP contribution >= 0.6 is 15.9 Å². The summed E-state index contributed by atoms with van der Waals surface area (Å²) in [6.07, 6.45) is 0.728. The molecule has 0 bridgehead atoms. The third kappa shape index (κ3) is 3.74. The normalized spacial score (nSPS) is 10.5. The molecule has 0 saturated carbocycles. The minimum Gasteiger partial charge on any atom is -0.299 e. The number of aryl methyl sites for hydroxylation is 1. The summed E-state index contributed by atoms with van der Waals surface area (Å²) in [6.45, 7) is 2.00. The fraction of sp³-hybridized carbons (Fsp3) is 0.188. The summed E-state index contributed by atoms with van der Waals surface area (Å²) in [7, 11) is 0. The molecule has 2 rings (SSSR count). The van der Waals surface area contributed by atoms with Crippen LogP contribution in [0.4, 0.5) is 4.39 Å². The van der Waals surface area contributed by atoms with E-state index in [-0.39, 0.29) is 11.6 Å². The predicted octanol–water partition coefficient (Wildman–Crippen LogP) is 4.25. The Morgan fingerprint density at radius 2 is 1.79 bits per heavy atom. The Morgan fingerprint density at radius 1 is 1.11 bits per heavy atom. The van der Waals surface area contributed by atoms with Crippen LogP contribution in [0.25, 0.3) is 0 Å². The number of hydrogen-bond acceptors (Lipinski definition) is 1. The largest absolute Gasteiger partial charge is 0.299 e. The summed E-state index contributed by atoms with van der Waals surface area (Å²) in [5, 5.41) is 0. The van der Waals surface area contributed by atoms with Gasteiger partial charge in [-0.1, -0.05) is 46.3 Å². The molecule has 19 heavy (non-hydrogen) atoms. The van der Waals surface area contributed by atoms with Crippen LogP contribution < -0.4 is 0 Å². The topological polar surface area (TPSA) is 17.1 Å². The quantitative estimate of drug-likeness (QED) is 0.823. The van der Waals surface area contributed by atoms with Gasteiger partial charge in [-0.25, -0.2) is 4.39 Å². The molecule has 98 valence electrons. The van der Waals surface area contributed by atoms with E-state index in [1.807, 2.05) is 31.2 Å². The monoisotopic (exact) mass is 320 g/mol. The van der Waals surface area contributed by atoms with Crippen molar-refractivity contribution in [1.29, 1.82) is 0 Å². The third-order valence-corrected chi connectivity index (χ3v) is 3.79. The van der Waals surface area contributed by atoms with Crippen LogP contribution in [0, 0.1) is 12.7 Å². The van der Waals surface area contributed by atoms with Gasteiger partial charge in [0.1, 0.15) is 11.6 Å². The van der Waals surface area contributed by atoms with Crippen molar-refractivity contribution in [3.63, 3.8) is 0 Å². The molecule has 0 aromatic heterocycles. The predicted molar refractivity (Wildman–Crippen MR) is 77.7 cm³/mol. The van der Waals surface area contributed by atoms with Crippen LogP contribution in [0.5, 0.6) is 0 Å². The molecule has 2 aromatic rings. The summed E-state index contributed by atoms with van der Waals surface area (Å²) in [5.74, 6) is -0.177. The maximum absolute atomic E-state index is 13.0. The van der Waals surface area contributed by atoms with E-state index in [1.165, 1.54) is 12.1 Å². The first-order valence-corrected chi connectivity index (χ1v) is 6.85. The minimum atomic E-state index is -0.304. The molecule has 0 heterocycles. The van der Waals surface area contributed by atoms with Crippen molar-refractivity contribution in [2.45, 2.75) is 19.8 Å². The molecule has 0 unspecified atom stereocenters. The first-order chi connectivity index (χ1) is 9.06. The number of benzene rings is 2. The highest BCUT2D eigenvalue weighted by molar-refractivity contribution is 9.10. The molecule has 0 aliphatic carbocycles. The molecule has 0 atom stereocenters. The molecule has 0 aliphatic heterocycles. The van der Waals surface area contributed by atoms with Gasteiger partial charge in [0.05, 0.1) is 0 Å². The van der Waals surface area contributed by atoms with Gasteiger partial charge in [0.25, 0.3) is 0 Å². The van der Waals surface area contributed by atoms with Crippen molar-refractivity contribution in [1.82, 2.24) is 0 Å². The summed E-state index contributed by atoms with van der Waals surface area (Å²) < 4.78 is 13.6. The number of ketones is 1. The van der Waals surface area contributed by atoms with Gasteiger partial charge < -0.3 is 0 Å². The number of halogens is 2. The van der Waals surface area contributed by atoms with Gasteiger partial charge >= 0.3 is 0 Å². The van der Waals surface area contributed by atoms with Crippen LogP contribution in [-0.2, 0) is 17.6 Å². The zero-order valence-electron chi connectivity index (χ0n) is 10.6. The zero-order chi connectivity index (χ0) is 13.8. The van der Waals surface area contributed by atoms with Crippen molar-refractivity contribution in [2.24, 2.45) is 0 Å². The lowest BCUT2D eigenvalue weighted by molar-refractivity contribution is -0.117. The van der Waals surface area contributed by atoms with Crippen LogP contribution in [0.3, 0.4) is 0 Å². The maximum Gasteiger partial charge on any atom is 0.141 e. The molecule has 0 N–H and O–H groups in total. The number of hydrogen-bond donors (Lipinski definition) is 0. The van der Waals surface area contributed by atoms with Crippen molar-refractivity contribution >= 4 is 21.7 Å². The summed E-state index contributed by atoms with van der Waals surface area (Å²) in [5.41, 5.74) is 2.99. The first-order valence-electron chi connectivity index (χ1n) is 6.06. The molecule has 0 spiro atoms. The fourth-order valence-corrected chi connectivity index (χ4v) is 2.45. The standard InChI is InChI=1S/C16H14BrFO/c1-11-4-2-3-5-12(11)8-15(19)9-13-6-7-14(18)10-16(13)17/h2-7,10H,8-9H2,1H3. The fourth-order valence-electron chi connectivity index (χ4n) is 1.96. The Balaban J connectivity index is 2.08. The highest BCUT2D eigenvalue weighted by Gasteiger charge is 2.09. The molecule has 0 fully saturated rings. The summed E-state index contributed by atoms with van der Waals surface area (Å²) >= 11 is 3.28. The van der Waals surface area contributed by atoms with Gasteiger partial charge in [-0.05, 0) is 35.7 Å². The molecule has 0 saturated heterocycles. The average molecular weight is 321 g/mol. The van der Waals surface area contributed by atoms with E-state index >= 15 is 0 Å². The van der Waals surface area contributed by atoms with Gasteiger partial charge in [0.2, 0.25) is 0 Å². The molecule has 0 radical (unpaired) electrons. The average Bonchev–Trinajstić information content (AvgIpc) is 2.36. The van der Waals surface area contributed by atoms with E-state index < -0.39 is 0 Å². The highest BCUT2D eigenvalue weighted by Crippen LogP contribution is 2.19. The van der Waals surface area contributed by atoms with E-state index in [0.717, 1.165) is 16.7 Å². The molecule has 2 aromatic carbocycles. The number of Topliss-reactive ketones (excluding diaryl/α,β-unsaturated/α-hetero) is 1. The van der Waals surface area contributed by atoms with Gasteiger partial charge in [-0.3, -0.25) is 4.79 Å². The van der Waals surface area contributed by atoms with E-state index in [1.54, 1.807) is 6.07 Å². The van der Waals surface area contributed by atoms with Gasteiger partial charge in [0, 0.05) is 17.3 Å². The lowest BCUT2D eigenvalue weighted by atomic mass is 9.99. The Kier molecular flexibility index (Phi) is 4.48. The van der Waals surface area contributed by atoms with Crippen molar-refractivity contribution < 1.29 is 9.18 Å². The third-order valence-electron chi connectivity index (χ3n) is 3.05. The Morgan fingerprint density at radius 3 is 2.47 bits per heavy atom. The summed E-state index contributed by atoms with van der Waals surface area (Å²) in [6, 6.07) is 12.3. The molecule has 1 nitrogen and oxygen atoms in total. The summed E-state index contributed by atoms with van der Waals surface area (Å²) in [4.78, 5) is 12.1. The first kappa shape index (κ1) is 13.9. The van der Waals surface area contributed by atoms with E-state index in [9.17, 15) is 9.18 Å². The second kappa shape index (κ2) is 6.11. The minimum absolute atomic E-state index is 0.126. The SMILES string of the molecule is Cc1ccccc1CC(=O)Cc1ccc(F)cc1Br. The van der Waals surface area contributed by atoms with Gasteiger partial charge in [-0.2, -0.15) is 0 Å². The van der Waals surface area contributed by atoms with Crippen molar-refractivity contribution in [3.8, 4) is 0 Å². The Bertz CT molecular complexity index is 607. The maximum atomic E-state index is 13.0. The van der Waals surface area contributed by atoms with Crippen LogP contribution in [0.15, 0.2) is 46.9 Å². The number of carbonyl (C=O) groups excluding carboxylic acids is 1. The molecule has 3 heteroatoms. The Hall–Kier alpha value is -1.48. The molecule has 0 aliphatic rings. The number of carbonyl (C=O) groups is 1. The Labute approximate surface area is 120 Å². The number of rotatable bonds is 4. The lowest BCUT2D eigenvalue weighted by Crippen LogP contribution is -2.08. The lowest BCUT2D eigenvalue weighted by Gasteiger charge is -2.06. The highest BCUT2D eigenvalue weighted by atomic mass is 79.9. The van der Waals surface area contributed by atoms with Crippen LogP contribution in [0.1, 0.15) is 16.7 Å². The zero-order valence-corrected chi connectivity index (χ0v) is 12.2. The molecule has 0 amide bonds. The van der Waals surface area contributed by atoms with Crippen LogP contribution in [0.2, 0.25) is 0 Å². The van der Waals surface area contributed by atoms with Gasteiger partial charge in [0.15, 0.2) is 0 Å². The van der Waals surface area contributed by atoms with E-state index in [4.69, 9.17) is 0 Å². The smallest absolute Gasteiger partial charge is 0.141 e. The molecular formula is C16H14BrFO. The van der Waals surface area contributed by atoms with Crippen molar-refractivity contribution in [3.05, 3.63) is 69.4 Å². The molecular weight excluding hydrogens is 307 g/mol. The second-order valence-corrected chi connectivity index (χ2v) is 5.41. The second-order valence-electron chi connectivity index (χ2n) is 4.55. The van der Waals surface area contributed by atoms with Crippen LogP contribution in [-0.4, -0.2) is 5.78 Å².